The second-order valence-corrected chi connectivity index (χ2v) is 9.18. The van der Waals surface area contributed by atoms with E-state index in [9.17, 15) is 4.79 Å². The van der Waals surface area contributed by atoms with E-state index in [1.807, 2.05) is 25.7 Å². The SMILES string of the molecule is CCCCCCCCCCCCCCC1=CCN(C(=O)OC(C)(C)C)CC1. The van der Waals surface area contributed by atoms with Gasteiger partial charge in [0.05, 0.1) is 0 Å². The molecule has 1 heterocycles. The number of nitrogens with zero attached hydrogens (tertiary/aromatic N) is 1. The Morgan fingerprint density at radius 1 is 0.926 bits per heavy atom. The topological polar surface area (TPSA) is 29.5 Å². The van der Waals surface area contributed by atoms with Gasteiger partial charge in [0.2, 0.25) is 0 Å². The van der Waals surface area contributed by atoms with Crippen molar-refractivity contribution >= 4 is 6.09 Å². The van der Waals surface area contributed by atoms with E-state index >= 15 is 0 Å². The molecule has 0 bridgehead atoms. The Kier molecular flexibility index (Phi) is 12.5. The standard InChI is InChI=1S/C24H45NO2/c1-5-6-7-8-9-10-11-12-13-14-15-16-17-22-18-20-25(21-19-22)23(26)27-24(2,3)4/h18H,5-17,19-21H2,1-4H3. The first-order valence-corrected chi connectivity index (χ1v) is 11.6. The van der Waals surface area contributed by atoms with Crippen molar-refractivity contribution in [1.29, 1.82) is 0 Å². The predicted octanol–water partition coefficient (Wildman–Crippen LogP) is 7.64. The summed E-state index contributed by atoms with van der Waals surface area (Å²) in [7, 11) is 0. The fourth-order valence-corrected chi connectivity index (χ4v) is 3.62. The van der Waals surface area contributed by atoms with Crippen molar-refractivity contribution < 1.29 is 9.53 Å². The molecule has 0 saturated heterocycles. The van der Waals surface area contributed by atoms with Crippen LogP contribution >= 0.6 is 0 Å². The van der Waals surface area contributed by atoms with Crippen LogP contribution in [0.1, 0.15) is 118 Å². The first-order chi connectivity index (χ1) is 12.9. The van der Waals surface area contributed by atoms with Gasteiger partial charge in [-0.3, -0.25) is 0 Å². The van der Waals surface area contributed by atoms with Crippen LogP contribution in [-0.4, -0.2) is 29.7 Å². The summed E-state index contributed by atoms with van der Waals surface area (Å²) >= 11 is 0. The van der Waals surface area contributed by atoms with Crippen molar-refractivity contribution in [1.82, 2.24) is 4.90 Å². The van der Waals surface area contributed by atoms with Crippen molar-refractivity contribution in [2.24, 2.45) is 0 Å². The fraction of sp³-hybridized carbons (Fsp3) is 0.875. The quantitative estimate of drug-likeness (QED) is 0.243. The molecule has 1 amide bonds. The third kappa shape index (κ3) is 12.9. The van der Waals surface area contributed by atoms with Crippen molar-refractivity contribution in [2.45, 2.75) is 123 Å². The number of carbonyl (C=O) groups is 1. The van der Waals surface area contributed by atoms with Crippen molar-refractivity contribution in [3.8, 4) is 0 Å². The minimum absolute atomic E-state index is 0.178. The largest absolute Gasteiger partial charge is 0.444 e. The Balaban J connectivity index is 1.97. The van der Waals surface area contributed by atoms with E-state index in [0.717, 1.165) is 13.0 Å². The van der Waals surface area contributed by atoms with Gasteiger partial charge in [0, 0.05) is 13.1 Å². The van der Waals surface area contributed by atoms with Gasteiger partial charge in [-0.05, 0) is 40.0 Å². The maximum Gasteiger partial charge on any atom is 0.410 e. The van der Waals surface area contributed by atoms with E-state index in [1.54, 1.807) is 0 Å². The molecule has 0 N–H and O–H groups in total. The number of unbranched alkanes of at least 4 members (excludes halogenated alkanes) is 11. The Hall–Kier alpha value is -0.990. The highest BCUT2D eigenvalue weighted by Crippen LogP contribution is 2.20. The summed E-state index contributed by atoms with van der Waals surface area (Å²) in [6.07, 6.45) is 21.1. The third-order valence-corrected chi connectivity index (χ3v) is 5.31. The molecule has 3 heteroatoms. The Labute approximate surface area is 168 Å². The Morgan fingerprint density at radius 3 is 1.89 bits per heavy atom. The van der Waals surface area contributed by atoms with Gasteiger partial charge in [0.15, 0.2) is 0 Å². The van der Waals surface area contributed by atoms with Crippen LogP contribution in [0.15, 0.2) is 11.6 Å². The van der Waals surface area contributed by atoms with E-state index in [2.05, 4.69) is 13.0 Å². The van der Waals surface area contributed by atoms with E-state index in [4.69, 9.17) is 4.74 Å². The third-order valence-electron chi connectivity index (χ3n) is 5.31. The molecule has 0 aromatic heterocycles. The summed E-state index contributed by atoms with van der Waals surface area (Å²) in [6, 6.07) is 0. The van der Waals surface area contributed by atoms with Gasteiger partial charge < -0.3 is 9.64 Å². The summed E-state index contributed by atoms with van der Waals surface area (Å²) in [5.41, 5.74) is 1.12. The molecule has 0 radical (unpaired) electrons. The van der Waals surface area contributed by atoms with Crippen LogP contribution in [-0.2, 0) is 4.74 Å². The lowest BCUT2D eigenvalue weighted by Crippen LogP contribution is -2.39. The zero-order valence-electron chi connectivity index (χ0n) is 18.7. The summed E-state index contributed by atoms with van der Waals surface area (Å²) < 4.78 is 5.45. The van der Waals surface area contributed by atoms with Gasteiger partial charge >= 0.3 is 6.09 Å². The lowest BCUT2D eigenvalue weighted by Gasteiger charge is -2.29. The molecule has 0 atom stereocenters. The normalized spacial score (nSPS) is 15.0. The zero-order chi connectivity index (χ0) is 20.0. The van der Waals surface area contributed by atoms with E-state index in [0.29, 0.717) is 6.54 Å². The minimum Gasteiger partial charge on any atom is -0.444 e. The molecule has 1 rings (SSSR count). The van der Waals surface area contributed by atoms with Crippen molar-refractivity contribution in [2.75, 3.05) is 13.1 Å². The lowest BCUT2D eigenvalue weighted by atomic mass is 10.00. The molecule has 0 aromatic rings. The second kappa shape index (κ2) is 14.1. The number of amides is 1. The summed E-state index contributed by atoms with van der Waals surface area (Å²) in [6.45, 7) is 9.56. The van der Waals surface area contributed by atoms with Crippen molar-refractivity contribution in [3.05, 3.63) is 11.6 Å². The molecule has 0 aliphatic carbocycles. The van der Waals surface area contributed by atoms with Crippen LogP contribution in [0.4, 0.5) is 4.79 Å². The molecule has 158 valence electrons. The van der Waals surface area contributed by atoms with Gasteiger partial charge in [-0.25, -0.2) is 4.79 Å². The average Bonchev–Trinajstić information content (AvgIpc) is 2.61. The van der Waals surface area contributed by atoms with E-state index in [1.165, 1.54) is 89.0 Å². The van der Waals surface area contributed by atoms with Crippen LogP contribution in [0.3, 0.4) is 0 Å². The number of ether oxygens (including phenoxy) is 1. The molecular weight excluding hydrogens is 334 g/mol. The summed E-state index contributed by atoms with van der Waals surface area (Å²) in [5.74, 6) is 0. The predicted molar refractivity (Wildman–Crippen MR) is 116 cm³/mol. The van der Waals surface area contributed by atoms with Crippen molar-refractivity contribution in [3.63, 3.8) is 0 Å². The number of rotatable bonds is 13. The molecule has 0 aromatic carbocycles. The van der Waals surface area contributed by atoms with Crippen LogP contribution in [0.5, 0.6) is 0 Å². The zero-order valence-corrected chi connectivity index (χ0v) is 18.7. The smallest absolute Gasteiger partial charge is 0.410 e. The molecule has 0 unspecified atom stereocenters. The van der Waals surface area contributed by atoms with Gasteiger partial charge in [-0.15, -0.1) is 0 Å². The lowest BCUT2D eigenvalue weighted by molar-refractivity contribution is 0.0265. The Bertz CT molecular complexity index is 423. The van der Waals surface area contributed by atoms with Gasteiger partial charge in [0.1, 0.15) is 5.60 Å². The second-order valence-electron chi connectivity index (χ2n) is 9.18. The average molecular weight is 380 g/mol. The molecule has 27 heavy (non-hydrogen) atoms. The van der Waals surface area contributed by atoms with Gasteiger partial charge in [-0.2, -0.15) is 0 Å². The number of hydrogen-bond acceptors (Lipinski definition) is 2. The van der Waals surface area contributed by atoms with Crippen LogP contribution in [0.25, 0.3) is 0 Å². The number of hydrogen-bond donors (Lipinski definition) is 0. The maximum absolute atomic E-state index is 12.1. The fourth-order valence-electron chi connectivity index (χ4n) is 3.62. The van der Waals surface area contributed by atoms with Gasteiger partial charge in [0.25, 0.3) is 0 Å². The highest BCUT2D eigenvalue weighted by atomic mass is 16.6. The molecule has 1 aliphatic heterocycles. The monoisotopic (exact) mass is 379 g/mol. The molecule has 0 fully saturated rings. The summed E-state index contributed by atoms with van der Waals surface area (Å²) in [4.78, 5) is 13.9. The van der Waals surface area contributed by atoms with E-state index < -0.39 is 5.60 Å². The first kappa shape index (κ1) is 24.0. The van der Waals surface area contributed by atoms with Crippen LogP contribution < -0.4 is 0 Å². The van der Waals surface area contributed by atoms with Crippen LogP contribution in [0.2, 0.25) is 0 Å². The molecule has 3 nitrogen and oxygen atoms in total. The van der Waals surface area contributed by atoms with Crippen LogP contribution in [0, 0.1) is 0 Å². The number of carbonyl (C=O) groups excluding carboxylic acids is 1. The molecule has 0 spiro atoms. The van der Waals surface area contributed by atoms with Gasteiger partial charge in [-0.1, -0.05) is 89.2 Å². The molecule has 0 saturated carbocycles. The van der Waals surface area contributed by atoms with E-state index in [-0.39, 0.29) is 6.09 Å². The highest BCUT2D eigenvalue weighted by molar-refractivity contribution is 5.68. The Morgan fingerprint density at radius 2 is 1.44 bits per heavy atom. The molecule has 1 aliphatic rings. The summed E-state index contributed by atoms with van der Waals surface area (Å²) in [5, 5.41) is 0. The molecular formula is C24H45NO2. The highest BCUT2D eigenvalue weighted by Gasteiger charge is 2.23. The first-order valence-electron chi connectivity index (χ1n) is 11.6. The minimum atomic E-state index is -0.407. The maximum atomic E-state index is 12.1.